The number of halogens is 2. The number of nitro groups is 1. The molecule has 0 aliphatic carbocycles. The minimum absolute atomic E-state index is 0.159. The van der Waals surface area contributed by atoms with Crippen LogP contribution in [-0.4, -0.2) is 23.9 Å². The lowest BCUT2D eigenvalue weighted by molar-refractivity contribution is -0.385. The van der Waals surface area contributed by atoms with Crippen molar-refractivity contribution in [3.63, 3.8) is 0 Å². The molecule has 0 N–H and O–H groups in total. The molecule has 88 valence electrons. The third-order valence-corrected chi connectivity index (χ3v) is 4.15. The number of nitro benzene ring substituents is 1. The van der Waals surface area contributed by atoms with Crippen LogP contribution in [-0.2, 0) is 9.84 Å². The molecule has 0 heterocycles. The number of alkyl halides is 2. The Balaban J connectivity index is 3.14. The zero-order chi connectivity index (χ0) is 12.3. The van der Waals surface area contributed by atoms with Gasteiger partial charge in [0.05, 0.1) is 15.6 Å². The van der Waals surface area contributed by atoms with Crippen LogP contribution in [0.2, 0.25) is 0 Å². The van der Waals surface area contributed by atoms with Gasteiger partial charge in [0.15, 0.2) is 9.84 Å². The Morgan fingerprint density at radius 2 is 2.00 bits per heavy atom. The fourth-order valence-electron chi connectivity index (χ4n) is 1.05. The number of non-ortho nitro benzene ring substituents is 1. The fourth-order valence-corrected chi connectivity index (χ4v) is 3.16. The van der Waals surface area contributed by atoms with Crippen LogP contribution in [0.3, 0.4) is 0 Å². The molecule has 0 unspecified atom stereocenters. The Labute approximate surface area is 102 Å². The van der Waals surface area contributed by atoms with Crippen molar-refractivity contribution < 1.29 is 13.3 Å². The highest BCUT2D eigenvalue weighted by Crippen LogP contribution is 2.20. The molecule has 0 spiro atoms. The predicted octanol–water partition coefficient (Wildman–Crippen LogP) is 2.17. The van der Waals surface area contributed by atoms with Gasteiger partial charge in [-0.3, -0.25) is 10.1 Å². The highest BCUT2D eigenvalue weighted by Gasteiger charge is 2.20. The molecule has 0 amide bonds. The average molecular weight is 284 g/mol. The summed E-state index contributed by atoms with van der Waals surface area (Å²) in [4.78, 5) is 8.57. The lowest BCUT2D eigenvalue weighted by atomic mass is 10.3. The molecular formula is C8H7Cl2NO4S. The molecule has 1 aromatic rings. The van der Waals surface area contributed by atoms with E-state index in [9.17, 15) is 18.5 Å². The zero-order valence-corrected chi connectivity index (χ0v) is 10.2. The third-order valence-electron chi connectivity index (χ3n) is 1.73. The largest absolute Gasteiger partial charge is 0.270 e. The molecule has 1 aromatic carbocycles. The molecule has 0 aromatic heterocycles. The number of benzene rings is 1. The van der Waals surface area contributed by atoms with E-state index in [2.05, 4.69) is 0 Å². The van der Waals surface area contributed by atoms with E-state index in [0.29, 0.717) is 0 Å². The first kappa shape index (κ1) is 13.2. The number of nitrogens with zero attached hydrogens (tertiary/aromatic N) is 1. The number of hydrogen-bond acceptors (Lipinski definition) is 4. The van der Waals surface area contributed by atoms with Crippen LogP contribution in [0.15, 0.2) is 29.2 Å². The molecule has 0 saturated heterocycles. The Kier molecular flexibility index (Phi) is 4.12. The second kappa shape index (κ2) is 4.99. The van der Waals surface area contributed by atoms with Gasteiger partial charge in [-0.25, -0.2) is 8.42 Å². The maximum Gasteiger partial charge on any atom is 0.270 e. The van der Waals surface area contributed by atoms with Crippen LogP contribution in [0.5, 0.6) is 0 Å². The average Bonchev–Trinajstić information content (AvgIpc) is 2.16. The van der Waals surface area contributed by atoms with Crippen LogP contribution in [0.1, 0.15) is 0 Å². The first-order valence-electron chi connectivity index (χ1n) is 4.08. The van der Waals surface area contributed by atoms with Crippen molar-refractivity contribution in [2.75, 3.05) is 5.75 Å². The summed E-state index contributed by atoms with van der Waals surface area (Å²) >= 11 is 10.7. The van der Waals surface area contributed by atoms with Gasteiger partial charge in [-0.1, -0.05) is 6.07 Å². The summed E-state index contributed by atoms with van der Waals surface area (Å²) in [5.41, 5.74) is -0.290. The Bertz CT molecular complexity index is 501. The standard InChI is InChI=1S/C8H7Cl2NO4S/c9-8(10)5-16(14,15)7-3-1-2-6(4-7)11(12)13/h1-4,8H,5H2. The fraction of sp³-hybridized carbons (Fsp3) is 0.250. The van der Waals surface area contributed by atoms with Gasteiger partial charge in [-0.05, 0) is 6.07 Å². The summed E-state index contributed by atoms with van der Waals surface area (Å²) in [6, 6.07) is 4.74. The summed E-state index contributed by atoms with van der Waals surface area (Å²) in [6.07, 6.45) is 0. The zero-order valence-electron chi connectivity index (χ0n) is 7.84. The van der Waals surface area contributed by atoms with Crippen molar-refractivity contribution in [2.24, 2.45) is 0 Å². The van der Waals surface area contributed by atoms with Gasteiger partial charge < -0.3 is 0 Å². The lowest BCUT2D eigenvalue weighted by Crippen LogP contribution is -2.12. The second-order valence-corrected chi connectivity index (χ2v) is 6.24. The smallest absolute Gasteiger partial charge is 0.258 e. The normalized spacial score (nSPS) is 11.7. The van der Waals surface area contributed by atoms with Crippen LogP contribution >= 0.6 is 23.2 Å². The Morgan fingerprint density at radius 1 is 1.38 bits per heavy atom. The molecule has 8 heteroatoms. The molecule has 1 rings (SSSR count). The third kappa shape index (κ3) is 3.33. The molecule has 16 heavy (non-hydrogen) atoms. The molecule has 0 radical (unpaired) electrons. The van der Waals surface area contributed by atoms with Gasteiger partial charge in [0.2, 0.25) is 0 Å². The summed E-state index contributed by atoms with van der Waals surface area (Å²) < 4.78 is 23.3. The van der Waals surface area contributed by atoms with Crippen molar-refractivity contribution >= 4 is 38.7 Å². The van der Waals surface area contributed by atoms with E-state index < -0.39 is 25.3 Å². The molecule has 0 fully saturated rings. The predicted molar refractivity (Wildman–Crippen MR) is 60.6 cm³/mol. The van der Waals surface area contributed by atoms with E-state index in [0.717, 1.165) is 6.07 Å². The first-order valence-corrected chi connectivity index (χ1v) is 6.61. The van der Waals surface area contributed by atoms with Gasteiger partial charge in [0.1, 0.15) is 4.84 Å². The van der Waals surface area contributed by atoms with Crippen LogP contribution in [0, 0.1) is 10.1 Å². The molecule has 5 nitrogen and oxygen atoms in total. The Hall–Kier alpha value is -0.850. The number of rotatable bonds is 4. The van der Waals surface area contributed by atoms with E-state index in [1.54, 1.807) is 0 Å². The summed E-state index contributed by atoms with van der Waals surface area (Å²) in [7, 11) is -3.68. The maximum absolute atomic E-state index is 11.6. The van der Waals surface area contributed by atoms with Gasteiger partial charge in [-0.15, -0.1) is 23.2 Å². The molecule has 0 aliphatic heterocycles. The van der Waals surface area contributed by atoms with Crippen LogP contribution in [0.25, 0.3) is 0 Å². The quantitative estimate of drug-likeness (QED) is 0.482. The van der Waals surface area contributed by atoms with Gasteiger partial charge in [0, 0.05) is 12.1 Å². The number of sulfone groups is 1. The van der Waals surface area contributed by atoms with E-state index in [1.165, 1.54) is 18.2 Å². The summed E-state index contributed by atoms with van der Waals surface area (Å²) in [5, 5.41) is 10.5. The first-order chi connectivity index (χ1) is 7.33. The summed E-state index contributed by atoms with van der Waals surface area (Å²) in [5.74, 6) is -0.475. The minimum Gasteiger partial charge on any atom is -0.258 e. The van der Waals surface area contributed by atoms with E-state index >= 15 is 0 Å². The van der Waals surface area contributed by atoms with Gasteiger partial charge in [0.25, 0.3) is 5.69 Å². The van der Waals surface area contributed by atoms with E-state index in [1.807, 2.05) is 0 Å². The monoisotopic (exact) mass is 283 g/mol. The minimum atomic E-state index is -3.68. The molecule has 0 aliphatic rings. The van der Waals surface area contributed by atoms with Crippen LogP contribution in [0.4, 0.5) is 5.69 Å². The number of hydrogen-bond donors (Lipinski definition) is 0. The molecule has 0 atom stereocenters. The molecule has 0 bridgehead atoms. The Morgan fingerprint density at radius 3 is 2.50 bits per heavy atom. The molecular weight excluding hydrogens is 277 g/mol. The van der Waals surface area contributed by atoms with Crippen molar-refractivity contribution in [3.8, 4) is 0 Å². The molecule has 0 saturated carbocycles. The van der Waals surface area contributed by atoms with Crippen molar-refractivity contribution in [3.05, 3.63) is 34.4 Å². The SMILES string of the molecule is O=[N+]([O-])c1cccc(S(=O)(=O)CC(Cl)Cl)c1. The second-order valence-electron chi connectivity index (χ2n) is 2.93. The van der Waals surface area contributed by atoms with E-state index in [-0.39, 0.29) is 10.6 Å². The van der Waals surface area contributed by atoms with Crippen molar-refractivity contribution in [1.29, 1.82) is 0 Å². The van der Waals surface area contributed by atoms with Crippen molar-refractivity contribution in [1.82, 2.24) is 0 Å². The van der Waals surface area contributed by atoms with Crippen molar-refractivity contribution in [2.45, 2.75) is 9.73 Å². The van der Waals surface area contributed by atoms with E-state index in [4.69, 9.17) is 23.2 Å². The lowest BCUT2D eigenvalue weighted by Gasteiger charge is -2.04. The topological polar surface area (TPSA) is 77.3 Å². The summed E-state index contributed by atoms with van der Waals surface area (Å²) in [6.45, 7) is 0. The van der Waals surface area contributed by atoms with Gasteiger partial charge >= 0.3 is 0 Å². The maximum atomic E-state index is 11.6. The van der Waals surface area contributed by atoms with Gasteiger partial charge in [-0.2, -0.15) is 0 Å². The van der Waals surface area contributed by atoms with Crippen LogP contribution < -0.4 is 0 Å². The highest BCUT2D eigenvalue weighted by molar-refractivity contribution is 7.91. The highest BCUT2D eigenvalue weighted by atomic mass is 35.5.